The van der Waals surface area contributed by atoms with Crippen molar-refractivity contribution in [2.24, 2.45) is 0 Å². The molecule has 0 amide bonds. The SMILES string of the molecule is C#Cc1cc(SC)c(C(C)C)cc1F. The lowest BCUT2D eigenvalue weighted by atomic mass is 10.0. The van der Waals surface area contributed by atoms with Crippen LogP contribution < -0.4 is 0 Å². The van der Waals surface area contributed by atoms with Gasteiger partial charge in [-0.05, 0) is 29.9 Å². The van der Waals surface area contributed by atoms with E-state index in [9.17, 15) is 4.39 Å². The Balaban J connectivity index is 3.33. The summed E-state index contributed by atoms with van der Waals surface area (Å²) >= 11 is 1.60. The van der Waals surface area contributed by atoms with Crippen LogP contribution in [0.25, 0.3) is 0 Å². The van der Waals surface area contributed by atoms with Crippen molar-refractivity contribution in [3.05, 3.63) is 29.1 Å². The van der Waals surface area contributed by atoms with E-state index in [0.29, 0.717) is 11.5 Å². The molecule has 0 aromatic heterocycles. The molecule has 74 valence electrons. The highest BCUT2D eigenvalue weighted by molar-refractivity contribution is 7.98. The van der Waals surface area contributed by atoms with Crippen molar-refractivity contribution in [2.45, 2.75) is 24.7 Å². The van der Waals surface area contributed by atoms with Crippen LogP contribution in [0, 0.1) is 18.2 Å². The standard InChI is InChI=1S/C12H13FS/c1-5-9-6-12(14-4)10(8(2)3)7-11(9)13/h1,6-8H,2-4H3. The van der Waals surface area contributed by atoms with Gasteiger partial charge in [-0.15, -0.1) is 18.2 Å². The molecular weight excluding hydrogens is 195 g/mol. The Bertz CT molecular complexity index is 375. The average molecular weight is 208 g/mol. The van der Waals surface area contributed by atoms with E-state index in [1.165, 1.54) is 0 Å². The molecule has 0 N–H and O–H groups in total. The maximum Gasteiger partial charge on any atom is 0.139 e. The summed E-state index contributed by atoms with van der Waals surface area (Å²) in [4.78, 5) is 1.06. The molecule has 0 aliphatic rings. The van der Waals surface area contributed by atoms with Gasteiger partial charge in [-0.25, -0.2) is 4.39 Å². The van der Waals surface area contributed by atoms with E-state index < -0.39 is 0 Å². The van der Waals surface area contributed by atoms with E-state index in [0.717, 1.165) is 10.5 Å². The number of hydrogen-bond acceptors (Lipinski definition) is 1. The monoisotopic (exact) mass is 208 g/mol. The molecule has 0 aliphatic heterocycles. The van der Waals surface area contributed by atoms with Gasteiger partial charge in [-0.3, -0.25) is 0 Å². The normalized spacial score (nSPS) is 10.3. The first kappa shape index (κ1) is 11.1. The van der Waals surface area contributed by atoms with Gasteiger partial charge < -0.3 is 0 Å². The molecule has 0 saturated carbocycles. The maximum atomic E-state index is 13.4. The minimum atomic E-state index is -0.297. The molecule has 0 unspecified atom stereocenters. The summed E-state index contributed by atoms with van der Waals surface area (Å²) in [5.74, 6) is 2.37. The molecule has 0 spiro atoms. The van der Waals surface area contributed by atoms with Gasteiger partial charge in [0.25, 0.3) is 0 Å². The van der Waals surface area contributed by atoms with Crippen LogP contribution in [0.1, 0.15) is 30.9 Å². The Morgan fingerprint density at radius 3 is 2.50 bits per heavy atom. The molecule has 1 aromatic carbocycles. The number of hydrogen-bond donors (Lipinski definition) is 0. The van der Waals surface area contributed by atoms with Crippen LogP contribution in [-0.4, -0.2) is 6.26 Å². The topological polar surface area (TPSA) is 0 Å². The largest absolute Gasteiger partial charge is 0.206 e. The second kappa shape index (κ2) is 4.52. The summed E-state index contributed by atoms with van der Waals surface area (Å²) in [6, 6.07) is 3.29. The van der Waals surface area contributed by atoms with Crippen molar-refractivity contribution < 1.29 is 4.39 Å². The van der Waals surface area contributed by atoms with Gasteiger partial charge in [-0.2, -0.15) is 0 Å². The van der Waals surface area contributed by atoms with Crippen LogP contribution in [0.3, 0.4) is 0 Å². The average Bonchev–Trinajstić information content (AvgIpc) is 2.17. The minimum absolute atomic E-state index is 0.297. The lowest BCUT2D eigenvalue weighted by Gasteiger charge is -2.11. The van der Waals surface area contributed by atoms with E-state index in [4.69, 9.17) is 6.42 Å². The molecule has 1 aromatic rings. The van der Waals surface area contributed by atoms with Crippen LogP contribution >= 0.6 is 11.8 Å². The van der Waals surface area contributed by atoms with Crippen LogP contribution in [0.4, 0.5) is 4.39 Å². The predicted octanol–water partition coefficient (Wildman–Crippen LogP) is 3.65. The van der Waals surface area contributed by atoms with E-state index >= 15 is 0 Å². The fourth-order valence-corrected chi connectivity index (χ4v) is 2.07. The van der Waals surface area contributed by atoms with Crippen LogP contribution in [0.15, 0.2) is 17.0 Å². The van der Waals surface area contributed by atoms with Crippen molar-refractivity contribution >= 4 is 11.8 Å². The minimum Gasteiger partial charge on any atom is -0.206 e. The number of halogens is 1. The first-order chi connectivity index (χ1) is 6.60. The third-order valence-corrected chi connectivity index (χ3v) is 2.89. The van der Waals surface area contributed by atoms with Gasteiger partial charge >= 0.3 is 0 Å². The van der Waals surface area contributed by atoms with Crippen LogP contribution in [0.2, 0.25) is 0 Å². The summed E-state index contributed by atoms with van der Waals surface area (Å²) in [6.07, 6.45) is 7.17. The molecule has 2 heteroatoms. The van der Waals surface area contributed by atoms with Gasteiger partial charge in [0.15, 0.2) is 0 Å². The van der Waals surface area contributed by atoms with E-state index in [-0.39, 0.29) is 5.82 Å². The lowest BCUT2D eigenvalue weighted by Crippen LogP contribution is -1.95. The van der Waals surface area contributed by atoms with E-state index in [2.05, 4.69) is 5.92 Å². The van der Waals surface area contributed by atoms with Gasteiger partial charge in [0.05, 0.1) is 5.56 Å². The van der Waals surface area contributed by atoms with Gasteiger partial charge in [0.2, 0.25) is 0 Å². The predicted molar refractivity (Wildman–Crippen MR) is 60.2 cm³/mol. The van der Waals surface area contributed by atoms with Crippen molar-refractivity contribution in [3.8, 4) is 12.3 Å². The number of terminal acetylenes is 1. The molecule has 1 rings (SSSR count). The molecule has 0 saturated heterocycles. The zero-order chi connectivity index (χ0) is 10.7. The number of thioether (sulfide) groups is 1. The summed E-state index contributed by atoms with van der Waals surface area (Å²) < 4.78 is 13.4. The Morgan fingerprint density at radius 2 is 2.07 bits per heavy atom. The summed E-state index contributed by atoms with van der Waals surface area (Å²) in [6.45, 7) is 4.09. The van der Waals surface area contributed by atoms with Crippen LogP contribution in [0.5, 0.6) is 0 Å². The highest BCUT2D eigenvalue weighted by Crippen LogP contribution is 2.29. The fraction of sp³-hybridized carbons (Fsp3) is 0.333. The van der Waals surface area contributed by atoms with Crippen LogP contribution in [-0.2, 0) is 0 Å². The van der Waals surface area contributed by atoms with Crippen molar-refractivity contribution in [1.82, 2.24) is 0 Å². The Hall–Kier alpha value is -0.940. The Kier molecular flexibility index (Phi) is 3.60. The highest BCUT2D eigenvalue weighted by atomic mass is 32.2. The summed E-state index contributed by atoms with van der Waals surface area (Å²) in [7, 11) is 0. The van der Waals surface area contributed by atoms with E-state index in [1.54, 1.807) is 23.9 Å². The second-order valence-electron chi connectivity index (χ2n) is 3.37. The molecule has 14 heavy (non-hydrogen) atoms. The molecule has 0 bridgehead atoms. The van der Waals surface area contributed by atoms with Gasteiger partial charge in [-0.1, -0.05) is 19.8 Å². The fourth-order valence-electron chi connectivity index (χ4n) is 1.31. The molecule has 0 fully saturated rings. The highest BCUT2D eigenvalue weighted by Gasteiger charge is 2.10. The first-order valence-electron chi connectivity index (χ1n) is 4.44. The Morgan fingerprint density at radius 1 is 1.43 bits per heavy atom. The molecule has 0 nitrogen and oxygen atoms in total. The van der Waals surface area contributed by atoms with Crippen molar-refractivity contribution in [3.63, 3.8) is 0 Å². The third-order valence-electron chi connectivity index (χ3n) is 2.10. The smallest absolute Gasteiger partial charge is 0.139 e. The van der Waals surface area contributed by atoms with Crippen molar-refractivity contribution in [1.29, 1.82) is 0 Å². The zero-order valence-corrected chi connectivity index (χ0v) is 9.41. The first-order valence-corrected chi connectivity index (χ1v) is 5.66. The summed E-state index contributed by atoms with van der Waals surface area (Å²) in [5.41, 5.74) is 1.37. The molecule has 0 aliphatic carbocycles. The number of rotatable bonds is 2. The second-order valence-corrected chi connectivity index (χ2v) is 4.22. The molecule has 0 heterocycles. The molecule has 0 radical (unpaired) electrons. The number of benzene rings is 1. The Labute approximate surface area is 88.9 Å². The van der Waals surface area contributed by atoms with Gasteiger partial charge in [0, 0.05) is 4.90 Å². The molecule has 0 atom stereocenters. The third kappa shape index (κ3) is 2.10. The van der Waals surface area contributed by atoms with Gasteiger partial charge in [0.1, 0.15) is 5.82 Å². The quantitative estimate of drug-likeness (QED) is 0.528. The summed E-state index contributed by atoms with van der Waals surface area (Å²) in [5, 5.41) is 0. The zero-order valence-electron chi connectivity index (χ0n) is 8.60. The van der Waals surface area contributed by atoms with E-state index in [1.807, 2.05) is 20.1 Å². The molecular formula is C12H13FS. The lowest BCUT2D eigenvalue weighted by molar-refractivity contribution is 0.617. The maximum absolute atomic E-state index is 13.4. The van der Waals surface area contributed by atoms with Crippen molar-refractivity contribution in [2.75, 3.05) is 6.26 Å².